The van der Waals surface area contributed by atoms with E-state index >= 15 is 0 Å². The Morgan fingerprint density at radius 1 is 1.04 bits per heavy atom. The molecule has 0 saturated carbocycles. The largest absolute Gasteiger partial charge is 0.437 e. The highest BCUT2D eigenvalue weighted by Crippen LogP contribution is 2.35. The normalized spacial score (nSPS) is 11.3. The number of anilines is 1. The van der Waals surface area contributed by atoms with Gasteiger partial charge in [0.25, 0.3) is 0 Å². The molecule has 26 heavy (non-hydrogen) atoms. The van der Waals surface area contributed by atoms with E-state index in [1.165, 1.54) is 0 Å². The first-order valence-corrected chi connectivity index (χ1v) is 9.38. The van der Waals surface area contributed by atoms with Crippen LogP contribution in [0.1, 0.15) is 0 Å². The number of fused-ring (bicyclic) bond motifs is 2. The second kappa shape index (κ2) is 7.27. The molecule has 6 heteroatoms. The van der Waals surface area contributed by atoms with Gasteiger partial charge in [-0.15, -0.1) is 11.3 Å². The molecular weight excluding hydrogens is 344 g/mol. The summed E-state index contributed by atoms with van der Waals surface area (Å²) in [6.07, 6.45) is 0. The molecule has 0 radical (unpaired) electrons. The molecule has 5 nitrogen and oxygen atoms in total. The molecule has 1 N–H and O–H groups in total. The number of likely N-dealkylation sites (N-methyl/N-ethyl adjacent to an activating group) is 1. The van der Waals surface area contributed by atoms with Crippen LogP contribution in [0, 0.1) is 0 Å². The van der Waals surface area contributed by atoms with Crippen molar-refractivity contribution in [2.75, 3.05) is 32.5 Å². The highest BCUT2D eigenvalue weighted by atomic mass is 32.1. The molecule has 2 heterocycles. The molecule has 0 fully saturated rings. The van der Waals surface area contributed by atoms with Gasteiger partial charge in [-0.25, -0.2) is 4.98 Å². The van der Waals surface area contributed by atoms with Gasteiger partial charge < -0.3 is 15.0 Å². The number of hydrogen-bond donors (Lipinski definition) is 1. The molecule has 4 aromatic rings. The number of nitrogens with one attached hydrogen (secondary N) is 1. The molecule has 0 atom stereocenters. The van der Waals surface area contributed by atoms with Crippen molar-refractivity contribution >= 4 is 38.3 Å². The van der Waals surface area contributed by atoms with E-state index in [1.807, 2.05) is 49.8 Å². The standard InChI is InChI=1S/C20H20N4OS/c1-24(2)12-11-21-20-22-16-10-13-26-18(16)19(23-20)25-17-9-5-7-14-6-3-4-8-15(14)17/h3-10,13H,11-12H2,1-2H3,(H,21,22,23). The van der Waals surface area contributed by atoms with Crippen molar-refractivity contribution in [3.8, 4) is 11.6 Å². The monoisotopic (exact) mass is 364 g/mol. The molecule has 0 aliphatic carbocycles. The topological polar surface area (TPSA) is 50.3 Å². The summed E-state index contributed by atoms with van der Waals surface area (Å²) in [7, 11) is 4.08. The fourth-order valence-electron chi connectivity index (χ4n) is 2.77. The molecule has 0 aliphatic heterocycles. The summed E-state index contributed by atoms with van der Waals surface area (Å²) >= 11 is 1.59. The maximum Gasteiger partial charge on any atom is 0.242 e. The fourth-order valence-corrected chi connectivity index (χ4v) is 3.52. The Bertz CT molecular complexity index is 1040. The first-order chi connectivity index (χ1) is 12.7. The lowest BCUT2D eigenvalue weighted by Gasteiger charge is -2.12. The van der Waals surface area contributed by atoms with Crippen molar-refractivity contribution < 1.29 is 4.74 Å². The smallest absolute Gasteiger partial charge is 0.242 e. The zero-order valence-corrected chi connectivity index (χ0v) is 15.6. The lowest BCUT2D eigenvalue weighted by atomic mass is 10.1. The summed E-state index contributed by atoms with van der Waals surface area (Å²) in [6.45, 7) is 1.68. The van der Waals surface area contributed by atoms with Crippen LogP contribution < -0.4 is 10.1 Å². The Morgan fingerprint density at radius 2 is 1.88 bits per heavy atom. The minimum Gasteiger partial charge on any atom is -0.437 e. The maximum absolute atomic E-state index is 6.24. The van der Waals surface area contributed by atoms with E-state index in [2.05, 4.69) is 38.4 Å². The van der Waals surface area contributed by atoms with Crippen LogP contribution in [0.4, 0.5) is 5.95 Å². The van der Waals surface area contributed by atoms with E-state index in [4.69, 9.17) is 4.74 Å². The van der Waals surface area contributed by atoms with Gasteiger partial charge in [-0.2, -0.15) is 4.98 Å². The third kappa shape index (κ3) is 3.47. The van der Waals surface area contributed by atoms with Gasteiger partial charge in [-0.05, 0) is 37.0 Å². The van der Waals surface area contributed by atoms with Crippen LogP contribution in [0.25, 0.3) is 21.0 Å². The highest BCUT2D eigenvalue weighted by Gasteiger charge is 2.12. The van der Waals surface area contributed by atoms with E-state index in [-0.39, 0.29) is 0 Å². The zero-order valence-electron chi connectivity index (χ0n) is 14.8. The van der Waals surface area contributed by atoms with Crippen LogP contribution in [0.2, 0.25) is 0 Å². The number of thiophene rings is 1. The molecule has 0 aliphatic rings. The SMILES string of the molecule is CN(C)CCNc1nc(Oc2cccc3ccccc23)c2sccc2n1. The van der Waals surface area contributed by atoms with Crippen molar-refractivity contribution in [1.29, 1.82) is 0 Å². The Balaban J connectivity index is 1.69. The van der Waals surface area contributed by atoms with Gasteiger partial charge in [-0.1, -0.05) is 36.4 Å². The van der Waals surface area contributed by atoms with E-state index in [1.54, 1.807) is 11.3 Å². The molecule has 2 aromatic carbocycles. The van der Waals surface area contributed by atoms with Gasteiger partial charge in [-0.3, -0.25) is 0 Å². The van der Waals surface area contributed by atoms with Crippen LogP contribution in [-0.2, 0) is 0 Å². The number of nitrogens with zero attached hydrogens (tertiary/aromatic N) is 3. The van der Waals surface area contributed by atoms with Crippen LogP contribution in [0.5, 0.6) is 11.6 Å². The van der Waals surface area contributed by atoms with Crippen LogP contribution >= 0.6 is 11.3 Å². The lowest BCUT2D eigenvalue weighted by molar-refractivity contribution is 0.424. The zero-order chi connectivity index (χ0) is 17.9. The van der Waals surface area contributed by atoms with Gasteiger partial charge in [0.05, 0.1) is 5.52 Å². The highest BCUT2D eigenvalue weighted by molar-refractivity contribution is 7.17. The van der Waals surface area contributed by atoms with E-state index in [9.17, 15) is 0 Å². The lowest BCUT2D eigenvalue weighted by Crippen LogP contribution is -2.21. The fraction of sp³-hybridized carbons (Fsp3) is 0.200. The molecule has 4 rings (SSSR count). The second-order valence-electron chi connectivity index (χ2n) is 6.30. The van der Waals surface area contributed by atoms with E-state index in [0.717, 1.165) is 39.8 Å². The number of ether oxygens (including phenoxy) is 1. The van der Waals surface area contributed by atoms with Gasteiger partial charge in [0.1, 0.15) is 10.4 Å². The molecule has 0 amide bonds. The molecule has 0 bridgehead atoms. The number of rotatable bonds is 6. The van der Waals surface area contributed by atoms with Crippen molar-refractivity contribution in [2.24, 2.45) is 0 Å². The molecular formula is C20H20N4OS. The van der Waals surface area contributed by atoms with Crippen LogP contribution in [-0.4, -0.2) is 42.1 Å². The molecule has 132 valence electrons. The number of benzene rings is 2. The van der Waals surface area contributed by atoms with E-state index in [0.29, 0.717) is 11.8 Å². The third-order valence-electron chi connectivity index (χ3n) is 4.07. The summed E-state index contributed by atoms with van der Waals surface area (Å²) in [4.78, 5) is 11.3. The average molecular weight is 364 g/mol. The predicted molar refractivity (Wildman–Crippen MR) is 108 cm³/mol. The van der Waals surface area contributed by atoms with Gasteiger partial charge >= 0.3 is 0 Å². The summed E-state index contributed by atoms with van der Waals surface area (Å²) < 4.78 is 7.19. The Morgan fingerprint density at radius 3 is 2.77 bits per heavy atom. The van der Waals surface area contributed by atoms with Crippen molar-refractivity contribution in [3.63, 3.8) is 0 Å². The molecule has 0 spiro atoms. The summed E-state index contributed by atoms with van der Waals surface area (Å²) in [5.74, 6) is 1.98. The minimum absolute atomic E-state index is 0.591. The van der Waals surface area contributed by atoms with Crippen molar-refractivity contribution in [2.45, 2.75) is 0 Å². The van der Waals surface area contributed by atoms with Gasteiger partial charge in [0.2, 0.25) is 11.8 Å². The Kier molecular flexibility index (Phi) is 4.69. The van der Waals surface area contributed by atoms with Crippen molar-refractivity contribution in [3.05, 3.63) is 53.9 Å². The van der Waals surface area contributed by atoms with Gasteiger partial charge in [0.15, 0.2) is 0 Å². The first-order valence-electron chi connectivity index (χ1n) is 8.50. The van der Waals surface area contributed by atoms with Crippen LogP contribution in [0.15, 0.2) is 53.9 Å². The van der Waals surface area contributed by atoms with Crippen LogP contribution in [0.3, 0.4) is 0 Å². The third-order valence-corrected chi connectivity index (χ3v) is 4.96. The van der Waals surface area contributed by atoms with Gasteiger partial charge in [0, 0.05) is 18.5 Å². The number of hydrogen-bond acceptors (Lipinski definition) is 6. The van der Waals surface area contributed by atoms with E-state index < -0.39 is 0 Å². The molecule has 0 unspecified atom stereocenters. The maximum atomic E-state index is 6.24. The molecule has 0 saturated heterocycles. The first kappa shape index (κ1) is 16.8. The number of aromatic nitrogens is 2. The minimum atomic E-state index is 0.591. The predicted octanol–water partition coefficient (Wildman–Crippen LogP) is 4.61. The average Bonchev–Trinajstić information content (AvgIpc) is 3.11. The molecule has 2 aromatic heterocycles. The Hall–Kier alpha value is -2.70. The summed E-state index contributed by atoms with van der Waals surface area (Å²) in [5, 5.41) is 7.51. The second-order valence-corrected chi connectivity index (χ2v) is 7.21. The van der Waals surface area contributed by atoms with Crippen molar-refractivity contribution in [1.82, 2.24) is 14.9 Å². The quantitative estimate of drug-likeness (QED) is 0.541. The summed E-state index contributed by atoms with van der Waals surface area (Å²) in [5.41, 5.74) is 0.896. The Labute approximate surface area is 156 Å². The summed E-state index contributed by atoms with van der Waals surface area (Å²) in [6, 6.07) is 16.2.